The van der Waals surface area contributed by atoms with Crippen LogP contribution in [0.1, 0.15) is 24.3 Å². The van der Waals surface area contributed by atoms with Gasteiger partial charge in [-0.05, 0) is 48.0 Å². The van der Waals surface area contributed by atoms with Crippen LogP contribution in [0.5, 0.6) is 0 Å². The van der Waals surface area contributed by atoms with Crippen LogP contribution in [0, 0.1) is 5.92 Å². The Morgan fingerprint density at radius 2 is 2.19 bits per heavy atom. The Bertz CT molecular complexity index is 523. The van der Waals surface area contributed by atoms with Crippen LogP contribution in [0.15, 0.2) is 35.8 Å². The lowest BCUT2D eigenvalue weighted by atomic mass is 10.2. The number of rotatable bonds is 8. The highest BCUT2D eigenvalue weighted by molar-refractivity contribution is 7.09. The summed E-state index contributed by atoms with van der Waals surface area (Å²) in [6, 6.07) is 8.57. The molecule has 3 nitrogen and oxygen atoms in total. The van der Waals surface area contributed by atoms with Crippen molar-refractivity contribution in [3.05, 3.63) is 46.3 Å². The predicted octanol–water partition coefficient (Wildman–Crippen LogP) is 3.57. The Hall–Kier alpha value is -1.39. The van der Waals surface area contributed by atoms with Crippen LogP contribution < -0.4 is 10.2 Å². The highest BCUT2D eigenvalue weighted by Crippen LogP contribution is 2.14. The molecule has 4 heteroatoms. The number of hydrogen-bond donors (Lipinski definition) is 1. The molecule has 0 atom stereocenters. The van der Waals surface area contributed by atoms with E-state index in [1.165, 1.54) is 10.4 Å². The van der Waals surface area contributed by atoms with Crippen LogP contribution in [0.4, 0.5) is 5.82 Å². The van der Waals surface area contributed by atoms with E-state index in [0.29, 0.717) is 5.92 Å². The summed E-state index contributed by atoms with van der Waals surface area (Å²) < 4.78 is 0. The van der Waals surface area contributed by atoms with Crippen LogP contribution in [0.3, 0.4) is 0 Å². The highest BCUT2D eigenvalue weighted by Gasteiger charge is 2.05. The number of pyridine rings is 1. The molecule has 0 aliphatic carbocycles. The van der Waals surface area contributed by atoms with Crippen LogP contribution in [-0.2, 0) is 13.0 Å². The van der Waals surface area contributed by atoms with Gasteiger partial charge in [-0.3, -0.25) is 0 Å². The number of hydrogen-bond acceptors (Lipinski definition) is 4. The van der Waals surface area contributed by atoms with Crippen molar-refractivity contribution in [2.75, 3.05) is 25.0 Å². The highest BCUT2D eigenvalue weighted by atomic mass is 32.1. The first-order chi connectivity index (χ1) is 10.1. The summed E-state index contributed by atoms with van der Waals surface area (Å²) >= 11 is 1.82. The second-order valence-electron chi connectivity index (χ2n) is 5.80. The maximum atomic E-state index is 4.48. The Morgan fingerprint density at radius 3 is 2.90 bits per heavy atom. The second-order valence-corrected chi connectivity index (χ2v) is 6.83. The van der Waals surface area contributed by atoms with Crippen molar-refractivity contribution in [2.45, 2.75) is 26.8 Å². The predicted molar refractivity (Wildman–Crippen MR) is 92.1 cm³/mol. The van der Waals surface area contributed by atoms with Gasteiger partial charge in [0.15, 0.2) is 0 Å². The van der Waals surface area contributed by atoms with Crippen LogP contribution in [0.25, 0.3) is 0 Å². The van der Waals surface area contributed by atoms with Crippen molar-refractivity contribution in [2.24, 2.45) is 5.92 Å². The van der Waals surface area contributed by atoms with E-state index in [1.807, 2.05) is 17.5 Å². The minimum atomic E-state index is 0.680. The standard InChI is InChI=1S/C17H25N3S/c1-14(2)12-18-13-15-6-8-19-17(11-15)20(3)9-7-16-5-4-10-21-16/h4-6,8,10-11,14,18H,7,9,12-13H2,1-3H3. The molecule has 2 heterocycles. The van der Waals surface area contributed by atoms with E-state index in [-0.39, 0.29) is 0 Å². The molecule has 0 spiro atoms. The van der Waals surface area contributed by atoms with Crippen molar-refractivity contribution in [1.29, 1.82) is 0 Å². The van der Waals surface area contributed by atoms with E-state index in [2.05, 4.69) is 65.7 Å². The number of nitrogens with zero attached hydrogens (tertiary/aromatic N) is 2. The molecule has 0 aliphatic heterocycles. The lowest BCUT2D eigenvalue weighted by Gasteiger charge is -2.18. The maximum Gasteiger partial charge on any atom is 0.128 e. The minimum absolute atomic E-state index is 0.680. The van der Waals surface area contributed by atoms with Gasteiger partial charge in [-0.1, -0.05) is 19.9 Å². The molecule has 0 amide bonds. The summed E-state index contributed by atoms with van der Waals surface area (Å²) in [7, 11) is 2.11. The molecule has 114 valence electrons. The van der Waals surface area contributed by atoms with Gasteiger partial charge in [0.05, 0.1) is 0 Å². The fourth-order valence-electron chi connectivity index (χ4n) is 2.13. The van der Waals surface area contributed by atoms with Gasteiger partial charge in [-0.25, -0.2) is 4.98 Å². The Balaban J connectivity index is 1.86. The molecule has 0 aliphatic rings. The van der Waals surface area contributed by atoms with Crippen LogP contribution in [0.2, 0.25) is 0 Å². The molecule has 0 saturated heterocycles. The van der Waals surface area contributed by atoms with Crippen LogP contribution in [-0.4, -0.2) is 25.1 Å². The molecular weight excluding hydrogens is 278 g/mol. The molecule has 2 aromatic heterocycles. The van der Waals surface area contributed by atoms with Gasteiger partial charge in [0.25, 0.3) is 0 Å². The maximum absolute atomic E-state index is 4.48. The van der Waals surface area contributed by atoms with E-state index in [4.69, 9.17) is 0 Å². The Morgan fingerprint density at radius 1 is 1.33 bits per heavy atom. The molecule has 2 aromatic rings. The molecule has 0 fully saturated rings. The molecule has 0 radical (unpaired) electrons. The zero-order chi connectivity index (χ0) is 15.1. The lowest BCUT2D eigenvalue weighted by Crippen LogP contribution is -2.22. The van der Waals surface area contributed by atoms with E-state index < -0.39 is 0 Å². The van der Waals surface area contributed by atoms with Gasteiger partial charge in [-0.2, -0.15) is 0 Å². The zero-order valence-electron chi connectivity index (χ0n) is 13.2. The van der Waals surface area contributed by atoms with Crippen molar-refractivity contribution >= 4 is 17.2 Å². The molecule has 0 aromatic carbocycles. The van der Waals surface area contributed by atoms with Gasteiger partial charge in [0, 0.05) is 31.2 Å². The van der Waals surface area contributed by atoms with Crippen molar-refractivity contribution in [3.8, 4) is 0 Å². The molecule has 21 heavy (non-hydrogen) atoms. The normalized spacial score (nSPS) is 11.0. The van der Waals surface area contributed by atoms with Crippen LogP contribution >= 0.6 is 11.3 Å². The van der Waals surface area contributed by atoms with E-state index in [0.717, 1.165) is 31.9 Å². The SMILES string of the molecule is CC(C)CNCc1ccnc(N(C)CCc2cccs2)c1. The summed E-state index contributed by atoms with van der Waals surface area (Å²) in [6.45, 7) is 7.40. The van der Waals surface area contributed by atoms with Crippen molar-refractivity contribution in [1.82, 2.24) is 10.3 Å². The monoisotopic (exact) mass is 303 g/mol. The smallest absolute Gasteiger partial charge is 0.128 e. The molecule has 1 N–H and O–H groups in total. The molecular formula is C17H25N3S. The fourth-order valence-corrected chi connectivity index (χ4v) is 2.83. The van der Waals surface area contributed by atoms with Gasteiger partial charge in [0.2, 0.25) is 0 Å². The summed E-state index contributed by atoms with van der Waals surface area (Å²) in [4.78, 5) is 8.14. The minimum Gasteiger partial charge on any atom is -0.359 e. The first kappa shape index (κ1) is 16.0. The third-order valence-corrected chi connectivity index (χ3v) is 4.29. The summed E-state index contributed by atoms with van der Waals surface area (Å²) in [5.74, 6) is 1.73. The molecule has 0 saturated carbocycles. The van der Waals surface area contributed by atoms with Gasteiger partial charge in [0.1, 0.15) is 5.82 Å². The Kier molecular flexibility index (Phi) is 6.21. The summed E-state index contributed by atoms with van der Waals surface area (Å²) in [5.41, 5.74) is 1.30. The fraction of sp³-hybridized carbons (Fsp3) is 0.471. The van der Waals surface area contributed by atoms with Gasteiger partial charge >= 0.3 is 0 Å². The zero-order valence-corrected chi connectivity index (χ0v) is 14.0. The number of nitrogens with one attached hydrogen (secondary N) is 1. The van der Waals surface area contributed by atoms with E-state index in [9.17, 15) is 0 Å². The number of likely N-dealkylation sites (N-methyl/N-ethyl adjacent to an activating group) is 1. The van der Waals surface area contributed by atoms with E-state index in [1.54, 1.807) is 0 Å². The largest absolute Gasteiger partial charge is 0.359 e. The summed E-state index contributed by atoms with van der Waals surface area (Å²) in [6.07, 6.45) is 2.98. The third-order valence-electron chi connectivity index (χ3n) is 3.36. The molecule has 0 bridgehead atoms. The number of anilines is 1. The Labute approximate surface area is 132 Å². The van der Waals surface area contributed by atoms with Crippen molar-refractivity contribution < 1.29 is 0 Å². The number of thiophene rings is 1. The average Bonchev–Trinajstić information content (AvgIpc) is 2.98. The first-order valence-electron chi connectivity index (χ1n) is 7.54. The van der Waals surface area contributed by atoms with Gasteiger partial charge in [-0.15, -0.1) is 11.3 Å². The molecule has 2 rings (SSSR count). The lowest BCUT2D eigenvalue weighted by molar-refractivity contribution is 0.552. The van der Waals surface area contributed by atoms with Gasteiger partial charge < -0.3 is 10.2 Å². The quantitative estimate of drug-likeness (QED) is 0.808. The first-order valence-corrected chi connectivity index (χ1v) is 8.42. The average molecular weight is 303 g/mol. The van der Waals surface area contributed by atoms with E-state index >= 15 is 0 Å². The molecule has 0 unspecified atom stereocenters. The topological polar surface area (TPSA) is 28.2 Å². The number of aromatic nitrogens is 1. The third kappa shape index (κ3) is 5.48. The summed E-state index contributed by atoms with van der Waals surface area (Å²) in [5, 5.41) is 5.61. The second kappa shape index (κ2) is 8.15. The van der Waals surface area contributed by atoms with Crippen molar-refractivity contribution in [3.63, 3.8) is 0 Å².